The minimum atomic E-state index is -0.639. The summed E-state index contributed by atoms with van der Waals surface area (Å²) in [5.41, 5.74) is 1.70. The Hall–Kier alpha value is -2.25. The number of pyridine rings is 1. The van der Waals surface area contributed by atoms with E-state index in [2.05, 4.69) is 31.1 Å². The first-order valence-corrected chi connectivity index (χ1v) is 8.68. The van der Waals surface area contributed by atoms with Crippen molar-refractivity contribution in [2.75, 3.05) is 0 Å². The van der Waals surface area contributed by atoms with E-state index in [4.69, 9.17) is 9.26 Å². The van der Waals surface area contributed by atoms with Crippen LogP contribution in [0.5, 0.6) is 5.88 Å². The molecule has 128 valence electrons. The van der Waals surface area contributed by atoms with Crippen LogP contribution in [0.15, 0.2) is 45.5 Å². The molecule has 3 heterocycles. The van der Waals surface area contributed by atoms with E-state index in [9.17, 15) is 5.11 Å². The van der Waals surface area contributed by atoms with Crippen molar-refractivity contribution >= 4 is 15.9 Å². The molecule has 0 unspecified atom stereocenters. The van der Waals surface area contributed by atoms with Crippen molar-refractivity contribution in [1.82, 2.24) is 15.1 Å². The molecular formula is C18H16BrN3O3. The number of nitrogens with zero attached hydrogens (tertiary/aromatic N) is 3. The number of aliphatic hydroxyl groups is 1. The number of halogens is 1. The predicted molar refractivity (Wildman–Crippen MR) is 94.9 cm³/mol. The van der Waals surface area contributed by atoms with Crippen molar-refractivity contribution in [3.63, 3.8) is 0 Å². The molecule has 1 aliphatic heterocycles. The molecule has 7 heteroatoms. The molecule has 0 fully saturated rings. The molecule has 0 bridgehead atoms. The molecule has 3 aromatic rings. The Bertz CT molecular complexity index is 922. The van der Waals surface area contributed by atoms with Gasteiger partial charge in [0.15, 0.2) is 0 Å². The number of aromatic nitrogens is 3. The average Bonchev–Trinajstić information content (AvgIpc) is 3.04. The van der Waals surface area contributed by atoms with Gasteiger partial charge in [-0.2, -0.15) is 4.98 Å². The maximum Gasteiger partial charge on any atom is 0.259 e. The van der Waals surface area contributed by atoms with E-state index < -0.39 is 11.7 Å². The number of benzene rings is 1. The number of rotatable bonds is 2. The molecule has 0 amide bonds. The van der Waals surface area contributed by atoms with Crippen molar-refractivity contribution in [2.24, 2.45) is 0 Å². The minimum Gasteiger partial charge on any atom is -0.471 e. The zero-order chi connectivity index (χ0) is 17.6. The van der Waals surface area contributed by atoms with Crippen LogP contribution in [0, 0.1) is 0 Å². The monoisotopic (exact) mass is 401 g/mol. The summed E-state index contributed by atoms with van der Waals surface area (Å²) in [5, 5.41) is 14.4. The van der Waals surface area contributed by atoms with E-state index in [0.29, 0.717) is 35.1 Å². The number of hydrogen-bond acceptors (Lipinski definition) is 6. The Morgan fingerprint density at radius 1 is 1.20 bits per heavy atom. The van der Waals surface area contributed by atoms with Crippen LogP contribution >= 0.6 is 15.9 Å². The first-order valence-electron chi connectivity index (χ1n) is 7.88. The third kappa shape index (κ3) is 3.17. The van der Waals surface area contributed by atoms with E-state index in [1.807, 2.05) is 38.1 Å². The highest BCUT2D eigenvalue weighted by atomic mass is 79.9. The van der Waals surface area contributed by atoms with Gasteiger partial charge in [-0.25, -0.2) is 4.98 Å². The van der Waals surface area contributed by atoms with Crippen LogP contribution in [0.1, 0.15) is 31.9 Å². The van der Waals surface area contributed by atoms with Crippen LogP contribution in [0.3, 0.4) is 0 Å². The fraction of sp³-hybridized carbons (Fsp3) is 0.278. The van der Waals surface area contributed by atoms with Gasteiger partial charge in [0.05, 0.1) is 11.7 Å². The topological polar surface area (TPSA) is 81.3 Å². The molecule has 1 N–H and O–H groups in total. The summed E-state index contributed by atoms with van der Waals surface area (Å²) in [6, 6.07) is 9.44. The number of aliphatic hydroxyl groups excluding tert-OH is 1. The van der Waals surface area contributed by atoms with Gasteiger partial charge < -0.3 is 14.4 Å². The summed E-state index contributed by atoms with van der Waals surface area (Å²) in [4.78, 5) is 8.75. The number of hydrogen-bond donors (Lipinski definition) is 1. The van der Waals surface area contributed by atoms with Crippen molar-refractivity contribution in [2.45, 2.75) is 32.0 Å². The Labute approximate surface area is 153 Å². The smallest absolute Gasteiger partial charge is 0.259 e. The highest BCUT2D eigenvalue weighted by molar-refractivity contribution is 9.10. The highest BCUT2D eigenvalue weighted by Crippen LogP contribution is 2.39. The lowest BCUT2D eigenvalue weighted by molar-refractivity contribution is 0.00734. The molecule has 1 aliphatic rings. The highest BCUT2D eigenvalue weighted by Gasteiger charge is 2.34. The zero-order valence-electron chi connectivity index (χ0n) is 13.7. The summed E-state index contributed by atoms with van der Waals surface area (Å²) in [6.07, 6.45) is 1.48. The molecule has 0 aliphatic carbocycles. The van der Waals surface area contributed by atoms with E-state index in [0.717, 1.165) is 10.0 Å². The molecule has 6 nitrogen and oxygen atoms in total. The van der Waals surface area contributed by atoms with Gasteiger partial charge in [0.25, 0.3) is 5.89 Å². The molecule has 0 spiro atoms. The zero-order valence-corrected chi connectivity index (χ0v) is 15.3. The third-order valence-electron chi connectivity index (χ3n) is 4.07. The fourth-order valence-electron chi connectivity index (χ4n) is 2.85. The summed E-state index contributed by atoms with van der Waals surface area (Å²) in [6.45, 7) is 3.86. The molecule has 0 saturated heterocycles. The molecular weight excluding hydrogens is 386 g/mol. The van der Waals surface area contributed by atoms with Crippen molar-refractivity contribution in [3.05, 3.63) is 46.6 Å². The van der Waals surface area contributed by atoms with Gasteiger partial charge >= 0.3 is 0 Å². The minimum absolute atomic E-state index is 0.352. The quantitative estimate of drug-likeness (QED) is 0.694. The van der Waals surface area contributed by atoms with Gasteiger partial charge in [-0.05, 0) is 44.2 Å². The molecule has 2 aromatic heterocycles. The molecule has 1 aromatic carbocycles. The second kappa shape index (κ2) is 5.93. The predicted octanol–water partition coefficient (Wildman–Crippen LogP) is 4.16. The van der Waals surface area contributed by atoms with Gasteiger partial charge in [0.2, 0.25) is 11.7 Å². The first kappa shape index (κ1) is 16.2. The lowest BCUT2D eigenvalue weighted by Gasteiger charge is -2.34. The standard InChI is InChI=1S/C18H16BrN3O3/c1-18(2)8-14(23)13-7-11(9-20-17(13)24-18)16-21-15(22-25-16)10-3-5-12(19)6-4-10/h3-7,9,14,23H,8H2,1-2H3/t14-/m1/s1. The Kier molecular flexibility index (Phi) is 3.85. The second-order valence-electron chi connectivity index (χ2n) is 6.63. The second-order valence-corrected chi connectivity index (χ2v) is 7.55. The van der Waals surface area contributed by atoms with Crippen molar-refractivity contribution in [3.8, 4) is 28.7 Å². The lowest BCUT2D eigenvalue weighted by Crippen LogP contribution is -2.35. The van der Waals surface area contributed by atoms with Crippen LogP contribution in [0.4, 0.5) is 0 Å². The Balaban J connectivity index is 1.67. The summed E-state index contributed by atoms with van der Waals surface area (Å²) in [7, 11) is 0. The Morgan fingerprint density at radius 2 is 1.96 bits per heavy atom. The summed E-state index contributed by atoms with van der Waals surface area (Å²) >= 11 is 3.40. The van der Waals surface area contributed by atoms with E-state index in [-0.39, 0.29) is 0 Å². The van der Waals surface area contributed by atoms with Crippen LogP contribution < -0.4 is 4.74 Å². The molecule has 1 atom stereocenters. The van der Waals surface area contributed by atoms with Gasteiger partial charge in [0, 0.05) is 28.2 Å². The van der Waals surface area contributed by atoms with E-state index in [1.54, 1.807) is 12.3 Å². The first-order chi connectivity index (χ1) is 11.9. The number of fused-ring (bicyclic) bond motifs is 1. The summed E-state index contributed by atoms with van der Waals surface area (Å²) in [5.74, 6) is 1.29. The molecule has 25 heavy (non-hydrogen) atoms. The molecule has 4 rings (SSSR count). The van der Waals surface area contributed by atoms with Gasteiger partial charge in [-0.3, -0.25) is 0 Å². The van der Waals surface area contributed by atoms with Gasteiger partial charge in [-0.1, -0.05) is 21.1 Å². The van der Waals surface area contributed by atoms with Crippen LogP contribution in [-0.2, 0) is 0 Å². The van der Waals surface area contributed by atoms with Crippen LogP contribution in [0.2, 0.25) is 0 Å². The third-order valence-corrected chi connectivity index (χ3v) is 4.60. The lowest BCUT2D eigenvalue weighted by atomic mass is 9.93. The number of ether oxygens (including phenoxy) is 1. The van der Waals surface area contributed by atoms with E-state index in [1.165, 1.54) is 0 Å². The fourth-order valence-corrected chi connectivity index (χ4v) is 3.11. The molecule has 0 saturated carbocycles. The largest absolute Gasteiger partial charge is 0.471 e. The van der Waals surface area contributed by atoms with Crippen LogP contribution in [0.25, 0.3) is 22.8 Å². The average molecular weight is 402 g/mol. The maximum absolute atomic E-state index is 10.4. The van der Waals surface area contributed by atoms with Crippen molar-refractivity contribution in [1.29, 1.82) is 0 Å². The molecule has 0 radical (unpaired) electrons. The van der Waals surface area contributed by atoms with Gasteiger partial charge in [0.1, 0.15) is 5.60 Å². The van der Waals surface area contributed by atoms with Gasteiger partial charge in [-0.15, -0.1) is 0 Å². The Morgan fingerprint density at radius 3 is 2.72 bits per heavy atom. The van der Waals surface area contributed by atoms with Crippen LogP contribution in [-0.4, -0.2) is 25.8 Å². The normalized spacial score (nSPS) is 18.5. The van der Waals surface area contributed by atoms with E-state index >= 15 is 0 Å². The SMILES string of the molecule is CC1(C)C[C@@H](O)c2cc(-c3nc(-c4ccc(Br)cc4)no3)cnc2O1. The van der Waals surface area contributed by atoms with Crippen molar-refractivity contribution < 1.29 is 14.4 Å². The maximum atomic E-state index is 10.4. The summed E-state index contributed by atoms with van der Waals surface area (Å²) < 4.78 is 12.2.